The molecule has 0 saturated carbocycles. The molecule has 0 spiro atoms. The third kappa shape index (κ3) is 4.42. The van der Waals surface area contributed by atoms with Crippen molar-refractivity contribution in [3.05, 3.63) is 24.0 Å². The molecule has 2 N–H and O–H groups in total. The van der Waals surface area contributed by atoms with Crippen molar-refractivity contribution < 1.29 is 19.7 Å². The predicted octanol–water partition coefficient (Wildman–Crippen LogP) is 1.35. The Balaban J connectivity index is 1.66. The fraction of sp³-hybridized carbons (Fsp3) is 0.700. The lowest BCUT2D eigenvalue weighted by Gasteiger charge is -2.48. The van der Waals surface area contributed by atoms with Gasteiger partial charge < -0.3 is 19.8 Å². The number of aliphatic hydroxyl groups excluding tert-OH is 2. The Labute approximate surface area is 160 Å². The summed E-state index contributed by atoms with van der Waals surface area (Å²) in [4.78, 5) is 21.0. The molecule has 1 aromatic rings. The molecule has 3 rings (SSSR count). The van der Waals surface area contributed by atoms with Gasteiger partial charge in [0.15, 0.2) is 0 Å². The van der Waals surface area contributed by atoms with E-state index in [4.69, 9.17) is 9.84 Å². The summed E-state index contributed by atoms with van der Waals surface area (Å²) in [6.45, 7) is 6.60. The largest absolute Gasteiger partial charge is 0.485 e. The maximum absolute atomic E-state index is 12.9. The number of hydrogen-bond donors (Lipinski definition) is 2. The molecule has 27 heavy (non-hydrogen) atoms. The molecular weight excluding hydrogens is 346 g/mol. The minimum absolute atomic E-state index is 0.0353. The monoisotopic (exact) mass is 377 g/mol. The maximum Gasteiger partial charge on any atom is 0.237 e. The van der Waals surface area contributed by atoms with Crippen LogP contribution in [-0.4, -0.2) is 75.4 Å². The molecule has 1 saturated heterocycles. The van der Waals surface area contributed by atoms with E-state index in [1.807, 2.05) is 13.8 Å². The van der Waals surface area contributed by atoms with E-state index >= 15 is 0 Å². The van der Waals surface area contributed by atoms with Crippen molar-refractivity contribution in [3.63, 3.8) is 0 Å². The molecular formula is C20H31N3O4. The first-order valence-corrected chi connectivity index (χ1v) is 9.87. The van der Waals surface area contributed by atoms with E-state index in [9.17, 15) is 9.90 Å². The van der Waals surface area contributed by atoms with Crippen LogP contribution in [-0.2, 0) is 4.79 Å². The minimum Gasteiger partial charge on any atom is -0.485 e. The third-order valence-electron chi connectivity index (χ3n) is 5.57. The zero-order valence-electron chi connectivity index (χ0n) is 16.3. The number of pyridine rings is 1. The highest BCUT2D eigenvalue weighted by molar-refractivity contribution is 5.80. The van der Waals surface area contributed by atoms with Gasteiger partial charge in [0.05, 0.1) is 12.6 Å². The Hall–Kier alpha value is -1.70. The van der Waals surface area contributed by atoms with Gasteiger partial charge in [0.2, 0.25) is 5.91 Å². The number of unbranched alkanes of at least 4 members (excludes halogenated alkanes) is 3. The minimum atomic E-state index is -0.816. The first-order chi connectivity index (χ1) is 12.9. The number of amides is 1. The average molecular weight is 377 g/mol. The van der Waals surface area contributed by atoms with Crippen LogP contribution >= 0.6 is 0 Å². The van der Waals surface area contributed by atoms with E-state index in [1.165, 1.54) is 0 Å². The number of nitrogens with zero attached hydrogens (tertiary/aromatic N) is 3. The molecule has 2 aliphatic rings. The quantitative estimate of drug-likeness (QED) is 0.698. The highest BCUT2D eigenvalue weighted by atomic mass is 16.5. The van der Waals surface area contributed by atoms with Gasteiger partial charge in [0.25, 0.3) is 0 Å². The van der Waals surface area contributed by atoms with Crippen molar-refractivity contribution in [1.29, 1.82) is 0 Å². The second kappa shape index (κ2) is 8.54. The van der Waals surface area contributed by atoms with Crippen LogP contribution in [0.4, 0.5) is 0 Å². The lowest BCUT2D eigenvalue weighted by Crippen LogP contribution is -2.59. The molecule has 1 aromatic heterocycles. The molecule has 150 valence electrons. The first kappa shape index (κ1) is 20.0. The molecule has 7 heteroatoms. The summed E-state index contributed by atoms with van der Waals surface area (Å²) < 4.78 is 5.94. The Morgan fingerprint density at radius 2 is 2.04 bits per heavy atom. The number of aliphatic hydroxyl groups is 2. The lowest BCUT2D eigenvalue weighted by atomic mass is 9.86. The van der Waals surface area contributed by atoms with E-state index < -0.39 is 17.7 Å². The molecule has 7 nitrogen and oxygen atoms in total. The summed E-state index contributed by atoms with van der Waals surface area (Å²) in [5.41, 5.74) is -0.00140. The molecule has 0 bridgehead atoms. The summed E-state index contributed by atoms with van der Waals surface area (Å²) in [7, 11) is 0. The molecule has 0 radical (unpaired) electrons. The summed E-state index contributed by atoms with van der Waals surface area (Å²) in [5.74, 6) is 0.720. The molecule has 2 atom stereocenters. The van der Waals surface area contributed by atoms with Gasteiger partial charge in [-0.15, -0.1) is 0 Å². The van der Waals surface area contributed by atoms with Crippen molar-refractivity contribution in [2.24, 2.45) is 0 Å². The zero-order valence-corrected chi connectivity index (χ0v) is 16.3. The van der Waals surface area contributed by atoms with Gasteiger partial charge in [-0.1, -0.05) is 12.8 Å². The van der Waals surface area contributed by atoms with Crippen LogP contribution in [0.1, 0.15) is 51.1 Å². The van der Waals surface area contributed by atoms with E-state index in [0.29, 0.717) is 18.8 Å². The lowest BCUT2D eigenvalue weighted by molar-refractivity contribution is -0.150. The third-order valence-corrected chi connectivity index (χ3v) is 5.57. The highest BCUT2D eigenvalue weighted by Gasteiger charge is 2.47. The van der Waals surface area contributed by atoms with Crippen LogP contribution in [0.15, 0.2) is 18.5 Å². The average Bonchev–Trinajstić information content (AvgIpc) is 2.63. The molecule has 0 unspecified atom stereocenters. The highest BCUT2D eigenvalue weighted by Crippen LogP contribution is 2.42. The number of carbonyl (C=O) groups is 1. The van der Waals surface area contributed by atoms with Gasteiger partial charge in [-0.05, 0) is 39.3 Å². The van der Waals surface area contributed by atoms with Gasteiger partial charge in [-0.3, -0.25) is 14.7 Å². The number of ether oxygens (including phenoxy) is 1. The second-order valence-corrected chi connectivity index (χ2v) is 8.01. The normalized spacial score (nSPS) is 25.2. The van der Waals surface area contributed by atoms with Crippen LogP contribution in [0, 0.1) is 0 Å². The Morgan fingerprint density at radius 1 is 1.26 bits per heavy atom. The summed E-state index contributed by atoms with van der Waals surface area (Å²) in [6.07, 6.45) is 6.52. The molecule has 0 aliphatic carbocycles. The number of fused-ring (bicyclic) bond motifs is 1. The van der Waals surface area contributed by atoms with Crippen molar-refractivity contribution in [3.8, 4) is 5.75 Å². The van der Waals surface area contributed by atoms with Gasteiger partial charge >= 0.3 is 0 Å². The van der Waals surface area contributed by atoms with E-state index in [0.717, 1.165) is 44.3 Å². The topological polar surface area (TPSA) is 86.1 Å². The molecule has 1 fully saturated rings. The summed E-state index contributed by atoms with van der Waals surface area (Å²) in [6, 6.07) is 1.36. The molecule has 1 amide bonds. The number of hydrogen-bond acceptors (Lipinski definition) is 6. The molecule has 0 aromatic carbocycles. The Kier molecular flexibility index (Phi) is 6.34. The van der Waals surface area contributed by atoms with Crippen LogP contribution < -0.4 is 4.74 Å². The van der Waals surface area contributed by atoms with Crippen LogP contribution in [0.5, 0.6) is 5.75 Å². The van der Waals surface area contributed by atoms with Gasteiger partial charge in [0.1, 0.15) is 17.5 Å². The Morgan fingerprint density at radius 3 is 2.78 bits per heavy atom. The fourth-order valence-corrected chi connectivity index (χ4v) is 3.96. The second-order valence-electron chi connectivity index (χ2n) is 8.01. The predicted molar refractivity (Wildman–Crippen MR) is 101 cm³/mol. The van der Waals surface area contributed by atoms with E-state index in [1.54, 1.807) is 23.4 Å². The zero-order chi connectivity index (χ0) is 19.4. The number of rotatable bonds is 7. The number of carbonyl (C=O) groups excluding carboxylic acids is 1. The maximum atomic E-state index is 12.9. The summed E-state index contributed by atoms with van der Waals surface area (Å²) >= 11 is 0. The van der Waals surface area contributed by atoms with Crippen molar-refractivity contribution >= 4 is 5.91 Å². The van der Waals surface area contributed by atoms with Crippen molar-refractivity contribution in [1.82, 2.24) is 14.8 Å². The number of aromatic nitrogens is 1. The van der Waals surface area contributed by atoms with Crippen LogP contribution in [0.2, 0.25) is 0 Å². The first-order valence-electron chi connectivity index (χ1n) is 9.87. The van der Waals surface area contributed by atoms with Gasteiger partial charge in [0, 0.05) is 37.7 Å². The molecule has 3 heterocycles. The van der Waals surface area contributed by atoms with Crippen molar-refractivity contribution in [2.45, 2.75) is 57.3 Å². The number of piperazine rings is 1. The van der Waals surface area contributed by atoms with Crippen molar-refractivity contribution in [2.75, 3.05) is 32.8 Å². The van der Waals surface area contributed by atoms with Crippen LogP contribution in [0.3, 0.4) is 0 Å². The SMILES string of the molecule is CC1(C)Oc2ccncc2[C@@H](N2CCN(CCCCCCO)CC2=O)[C@@H]1O. The Bertz CT molecular complexity index is 652. The van der Waals surface area contributed by atoms with Gasteiger partial charge in [-0.25, -0.2) is 0 Å². The summed E-state index contributed by atoms with van der Waals surface area (Å²) in [5, 5.41) is 19.8. The smallest absolute Gasteiger partial charge is 0.237 e. The van der Waals surface area contributed by atoms with Crippen LogP contribution in [0.25, 0.3) is 0 Å². The standard InChI is InChI=1S/C20H31N3O4/c1-20(2)19(26)18(15-13-21-8-7-16(15)27-20)23-11-10-22(14-17(23)25)9-5-3-4-6-12-24/h7-8,13,18-19,24,26H,3-6,9-12,14H2,1-2H3/t18-,19+/m1/s1. The molecule has 2 aliphatic heterocycles. The van der Waals surface area contributed by atoms with E-state index in [2.05, 4.69) is 9.88 Å². The fourth-order valence-electron chi connectivity index (χ4n) is 3.96. The van der Waals surface area contributed by atoms with E-state index in [-0.39, 0.29) is 12.5 Å². The van der Waals surface area contributed by atoms with Gasteiger partial charge in [-0.2, -0.15) is 0 Å².